The van der Waals surface area contributed by atoms with Crippen LogP contribution in [0.3, 0.4) is 0 Å². The van der Waals surface area contributed by atoms with Crippen LogP contribution >= 0.6 is 0 Å². The van der Waals surface area contributed by atoms with E-state index in [1.807, 2.05) is 23.0 Å². The van der Waals surface area contributed by atoms with Crippen molar-refractivity contribution in [2.24, 2.45) is 0 Å². The quantitative estimate of drug-likeness (QED) is 0.673. The van der Waals surface area contributed by atoms with E-state index < -0.39 is 0 Å². The zero-order chi connectivity index (χ0) is 18.4. The number of oxazole rings is 1. The second-order valence-corrected chi connectivity index (χ2v) is 5.92. The summed E-state index contributed by atoms with van der Waals surface area (Å²) < 4.78 is 7.10. The zero-order valence-electron chi connectivity index (χ0n) is 15.1. The number of hydrogen-bond acceptors (Lipinski definition) is 5. The molecule has 0 radical (unpaired) electrons. The van der Waals surface area contributed by atoms with Crippen LogP contribution in [0.1, 0.15) is 24.2 Å². The van der Waals surface area contributed by atoms with E-state index in [1.165, 1.54) is 6.39 Å². The molecule has 3 rings (SSSR count). The molecule has 0 aliphatic rings. The van der Waals surface area contributed by atoms with Gasteiger partial charge in [0.15, 0.2) is 12.2 Å². The number of nitrogens with one attached hydrogen (secondary N) is 1. The van der Waals surface area contributed by atoms with Crippen LogP contribution in [-0.2, 0) is 6.54 Å². The summed E-state index contributed by atoms with van der Waals surface area (Å²) >= 11 is 0. The maximum atomic E-state index is 12.4. The standard InChI is InChI=1S/C19H23N5O2/c1-3-23(4-2)9-10-24-13-17(11-21-24)22-19(25)16-7-5-15(6-8-16)18-12-20-14-26-18/h5-8,11-14H,3-4,9-10H2,1-2H3,(H,22,25). The largest absolute Gasteiger partial charge is 0.444 e. The van der Waals surface area contributed by atoms with Crippen LogP contribution in [0, 0.1) is 0 Å². The van der Waals surface area contributed by atoms with Gasteiger partial charge in [-0.1, -0.05) is 26.0 Å². The van der Waals surface area contributed by atoms with E-state index in [-0.39, 0.29) is 5.91 Å². The van der Waals surface area contributed by atoms with E-state index in [1.54, 1.807) is 24.5 Å². The molecule has 1 aromatic carbocycles. The van der Waals surface area contributed by atoms with Crippen LogP contribution in [0.2, 0.25) is 0 Å². The minimum atomic E-state index is -0.169. The van der Waals surface area contributed by atoms with Gasteiger partial charge in [-0.15, -0.1) is 0 Å². The highest BCUT2D eigenvalue weighted by molar-refractivity contribution is 6.04. The second-order valence-electron chi connectivity index (χ2n) is 5.92. The van der Waals surface area contributed by atoms with E-state index in [0.29, 0.717) is 17.0 Å². The van der Waals surface area contributed by atoms with Gasteiger partial charge in [0.1, 0.15) is 0 Å². The molecule has 0 aliphatic heterocycles. The molecule has 0 aliphatic carbocycles. The van der Waals surface area contributed by atoms with Crippen LogP contribution < -0.4 is 5.32 Å². The van der Waals surface area contributed by atoms with Crippen LogP contribution in [0.25, 0.3) is 11.3 Å². The Bertz CT molecular complexity index is 820. The lowest BCUT2D eigenvalue weighted by atomic mass is 10.1. The summed E-state index contributed by atoms with van der Waals surface area (Å²) in [5, 5.41) is 7.18. The maximum absolute atomic E-state index is 12.4. The first-order valence-electron chi connectivity index (χ1n) is 8.74. The highest BCUT2D eigenvalue weighted by Gasteiger charge is 2.09. The molecular weight excluding hydrogens is 330 g/mol. The maximum Gasteiger partial charge on any atom is 0.255 e. The normalized spacial score (nSPS) is 11.0. The Labute approximate surface area is 152 Å². The summed E-state index contributed by atoms with van der Waals surface area (Å²) in [4.78, 5) is 18.6. The molecule has 0 spiro atoms. The number of carbonyl (C=O) groups is 1. The Balaban J connectivity index is 1.58. The van der Waals surface area contributed by atoms with Crippen LogP contribution in [0.15, 0.2) is 53.7 Å². The summed E-state index contributed by atoms with van der Waals surface area (Å²) in [7, 11) is 0. The van der Waals surface area contributed by atoms with Gasteiger partial charge in [0, 0.05) is 23.9 Å². The fourth-order valence-corrected chi connectivity index (χ4v) is 2.68. The molecule has 136 valence electrons. The molecule has 7 heteroatoms. The second kappa shape index (κ2) is 8.44. The topological polar surface area (TPSA) is 76.2 Å². The number of likely N-dealkylation sites (N-methyl/N-ethyl adjacent to an activating group) is 1. The summed E-state index contributed by atoms with van der Waals surface area (Å²) in [6, 6.07) is 7.20. The van der Waals surface area contributed by atoms with Crippen molar-refractivity contribution in [3.8, 4) is 11.3 Å². The Kier molecular flexibility index (Phi) is 5.80. The number of rotatable bonds is 8. The number of amides is 1. The van der Waals surface area contributed by atoms with Crippen LogP contribution in [0.5, 0.6) is 0 Å². The van der Waals surface area contributed by atoms with Gasteiger partial charge in [0.05, 0.1) is 24.6 Å². The molecule has 26 heavy (non-hydrogen) atoms. The summed E-state index contributed by atoms with van der Waals surface area (Å²) in [6.07, 6.45) is 6.54. The molecule has 0 saturated carbocycles. The van der Waals surface area contributed by atoms with Crippen molar-refractivity contribution in [1.82, 2.24) is 19.7 Å². The Morgan fingerprint density at radius 1 is 1.19 bits per heavy atom. The third-order valence-corrected chi connectivity index (χ3v) is 4.29. The lowest BCUT2D eigenvalue weighted by Gasteiger charge is -2.17. The molecule has 1 N–H and O–H groups in total. The minimum Gasteiger partial charge on any atom is -0.444 e. The SMILES string of the molecule is CCN(CC)CCn1cc(NC(=O)c2ccc(-c3cnco3)cc2)cn1. The Morgan fingerprint density at radius 3 is 2.62 bits per heavy atom. The number of nitrogens with zero attached hydrogens (tertiary/aromatic N) is 4. The van der Waals surface area contributed by atoms with Crippen molar-refractivity contribution in [2.45, 2.75) is 20.4 Å². The van der Waals surface area contributed by atoms with Crippen LogP contribution in [-0.4, -0.2) is 45.2 Å². The van der Waals surface area contributed by atoms with Gasteiger partial charge in [-0.25, -0.2) is 4.98 Å². The first-order valence-corrected chi connectivity index (χ1v) is 8.74. The van der Waals surface area contributed by atoms with Gasteiger partial charge in [-0.2, -0.15) is 5.10 Å². The number of carbonyl (C=O) groups excluding carboxylic acids is 1. The average Bonchev–Trinajstić information content (AvgIpc) is 3.35. The van der Waals surface area contributed by atoms with Crippen LogP contribution in [0.4, 0.5) is 5.69 Å². The summed E-state index contributed by atoms with van der Waals surface area (Å²) in [6.45, 7) is 8.06. The number of aromatic nitrogens is 3. The minimum absolute atomic E-state index is 0.169. The highest BCUT2D eigenvalue weighted by Crippen LogP contribution is 2.19. The Morgan fingerprint density at radius 2 is 1.96 bits per heavy atom. The van der Waals surface area contributed by atoms with Crippen molar-refractivity contribution in [3.05, 3.63) is 54.8 Å². The molecule has 1 amide bonds. The molecule has 3 aromatic rings. The lowest BCUT2D eigenvalue weighted by Crippen LogP contribution is -2.27. The van der Waals surface area contributed by atoms with E-state index in [9.17, 15) is 4.79 Å². The predicted molar refractivity (Wildman–Crippen MR) is 99.9 cm³/mol. The molecular formula is C19H23N5O2. The first kappa shape index (κ1) is 17.9. The highest BCUT2D eigenvalue weighted by atomic mass is 16.3. The summed E-state index contributed by atoms with van der Waals surface area (Å²) in [5.41, 5.74) is 2.14. The molecule has 7 nitrogen and oxygen atoms in total. The van der Waals surface area contributed by atoms with E-state index in [0.717, 1.165) is 31.7 Å². The van der Waals surface area contributed by atoms with Gasteiger partial charge in [0.25, 0.3) is 5.91 Å². The van der Waals surface area contributed by atoms with Gasteiger partial charge in [-0.05, 0) is 25.2 Å². The number of anilines is 1. The Hall–Kier alpha value is -2.93. The molecule has 0 unspecified atom stereocenters. The van der Waals surface area contributed by atoms with Gasteiger partial charge < -0.3 is 14.6 Å². The molecule has 0 bridgehead atoms. The summed E-state index contributed by atoms with van der Waals surface area (Å²) in [5.74, 6) is 0.504. The van der Waals surface area contributed by atoms with Crippen molar-refractivity contribution >= 4 is 11.6 Å². The van der Waals surface area contributed by atoms with Crippen molar-refractivity contribution in [2.75, 3.05) is 25.0 Å². The number of benzene rings is 1. The van der Waals surface area contributed by atoms with Gasteiger partial charge in [0.2, 0.25) is 0 Å². The smallest absolute Gasteiger partial charge is 0.255 e. The molecule has 0 saturated heterocycles. The fraction of sp³-hybridized carbons (Fsp3) is 0.316. The van der Waals surface area contributed by atoms with E-state index in [2.05, 4.69) is 34.1 Å². The van der Waals surface area contributed by atoms with E-state index >= 15 is 0 Å². The third kappa shape index (κ3) is 4.37. The van der Waals surface area contributed by atoms with Crippen molar-refractivity contribution in [3.63, 3.8) is 0 Å². The lowest BCUT2D eigenvalue weighted by molar-refractivity contribution is 0.102. The fourth-order valence-electron chi connectivity index (χ4n) is 2.68. The number of hydrogen-bond donors (Lipinski definition) is 1. The molecule has 0 atom stereocenters. The zero-order valence-corrected chi connectivity index (χ0v) is 15.1. The molecule has 2 aromatic heterocycles. The monoisotopic (exact) mass is 353 g/mol. The molecule has 2 heterocycles. The van der Waals surface area contributed by atoms with E-state index in [4.69, 9.17) is 4.42 Å². The average molecular weight is 353 g/mol. The van der Waals surface area contributed by atoms with Crippen molar-refractivity contribution in [1.29, 1.82) is 0 Å². The predicted octanol–water partition coefficient (Wildman–Crippen LogP) is 3.13. The van der Waals surface area contributed by atoms with Crippen molar-refractivity contribution < 1.29 is 9.21 Å². The first-order chi connectivity index (χ1) is 12.7. The third-order valence-electron chi connectivity index (χ3n) is 4.29. The van der Waals surface area contributed by atoms with Gasteiger partial charge >= 0.3 is 0 Å². The van der Waals surface area contributed by atoms with Gasteiger partial charge in [-0.3, -0.25) is 9.48 Å². The molecule has 0 fully saturated rings.